The normalized spacial score (nSPS) is 16.0. The third-order valence-corrected chi connectivity index (χ3v) is 7.36. The van der Waals surface area contributed by atoms with Gasteiger partial charge in [0, 0.05) is 34.4 Å². The Bertz CT molecular complexity index is 1640. The standard InChI is InChI=1S/C27H29N7O3/c1-13-24(14(2)37-33-13)19-7-21-18(8-22(19)35-4)25-26(30-21)28-15(3)29-27(25)31-23-9-20(17-5-6-17)32-34(23)10-16-11-36-12-16/h7-9,16-17H,5-6,10-12H2,1-4H3,(H2,28,29,30,31). The molecule has 5 aromatic rings. The Balaban J connectivity index is 1.37. The summed E-state index contributed by atoms with van der Waals surface area (Å²) in [6.45, 7) is 8.15. The number of anilines is 2. The molecule has 0 spiro atoms. The van der Waals surface area contributed by atoms with E-state index in [9.17, 15) is 0 Å². The molecule has 0 unspecified atom stereocenters. The molecule has 10 heteroatoms. The van der Waals surface area contributed by atoms with Gasteiger partial charge in [-0.05, 0) is 45.7 Å². The average molecular weight is 500 g/mol. The summed E-state index contributed by atoms with van der Waals surface area (Å²) in [5.41, 5.74) is 5.54. The van der Waals surface area contributed by atoms with Crippen LogP contribution in [-0.2, 0) is 11.3 Å². The number of H-pyrrole nitrogens is 1. The van der Waals surface area contributed by atoms with E-state index < -0.39 is 0 Å². The minimum absolute atomic E-state index is 0.486. The fourth-order valence-electron chi connectivity index (χ4n) is 5.27. The molecule has 0 bridgehead atoms. The van der Waals surface area contributed by atoms with Gasteiger partial charge in [0.1, 0.15) is 34.6 Å². The second kappa shape index (κ2) is 8.31. The minimum Gasteiger partial charge on any atom is -0.496 e. The predicted molar refractivity (Wildman–Crippen MR) is 139 cm³/mol. The smallest absolute Gasteiger partial charge is 0.145 e. The van der Waals surface area contributed by atoms with Crippen molar-refractivity contribution < 1.29 is 14.0 Å². The SMILES string of the molecule is COc1cc2c(cc1-c1c(C)noc1C)[nH]c1nc(C)nc(Nc3cc(C4CC4)nn3CC3COC3)c12. The highest BCUT2D eigenvalue weighted by atomic mass is 16.5. The van der Waals surface area contributed by atoms with Crippen LogP contribution in [0.3, 0.4) is 0 Å². The number of nitrogens with zero attached hydrogens (tertiary/aromatic N) is 5. The van der Waals surface area contributed by atoms with Gasteiger partial charge in [0.05, 0.1) is 49.2 Å². The predicted octanol–water partition coefficient (Wildman–Crippen LogP) is 5.16. The number of fused-ring (bicyclic) bond motifs is 3. The number of aromatic nitrogens is 6. The van der Waals surface area contributed by atoms with Gasteiger partial charge >= 0.3 is 0 Å². The van der Waals surface area contributed by atoms with E-state index >= 15 is 0 Å². The molecule has 10 nitrogen and oxygen atoms in total. The van der Waals surface area contributed by atoms with E-state index in [1.807, 2.05) is 26.8 Å². The molecule has 0 atom stereocenters. The molecule has 5 heterocycles. The van der Waals surface area contributed by atoms with E-state index in [1.54, 1.807) is 7.11 Å². The largest absolute Gasteiger partial charge is 0.496 e. The zero-order valence-electron chi connectivity index (χ0n) is 21.4. The first-order valence-corrected chi connectivity index (χ1v) is 12.7. The van der Waals surface area contributed by atoms with Crippen molar-refractivity contribution in [1.29, 1.82) is 0 Å². The Morgan fingerprint density at radius 1 is 1.14 bits per heavy atom. The molecule has 190 valence electrons. The molecule has 2 N–H and O–H groups in total. The van der Waals surface area contributed by atoms with E-state index in [0.717, 1.165) is 87.4 Å². The van der Waals surface area contributed by atoms with Gasteiger partial charge in [0.2, 0.25) is 0 Å². The lowest BCUT2D eigenvalue weighted by atomic mass is 10.0. The molecule has 4 aromatic heterocycles. The van der Waals surface area contributed by atoms with Crippen LogP contribution in [0.4, 0.5) is 11.6 Å². The van der Waals surface area contributed by atoms with Crippen molar-refractivity contribution in [2.24, 2.45) is 5.92 Å². The number of hydrogen-bond acceptors (Lipinski definition) is 8. The number of aryl methyl sites for hydroxylation is 3. The molecule has 0 radical (unpaired) electrons. The van der Waals surface area contributed by atoms with Crippen LogP contribution in [0.25, 0.3) is 33.1 Å². The van der Waals surface area contributed by atoms with E-state index in [-0.39, 0.29) is 0 Å². The van der Waals surface area contributed by atoms with Crippen LogP contribution in [0.2, 0.25) is 0 Å². The Labute approximate surface area is 213 Å². The quantitative estimate of drug-likeness (QED) is 0.315. The molecule has 1 aromatic carbocycles. The van der Waals surface area contributed by atoms with E-state index in [2.05, 4.69) is 32.3 Å². The molecule has 2 fully saturated rings. The van der Waals surface area contributed by atoms with Gasteiger partial charge in [0.15, 0.2) is 0 Å². The summed E-state index contributed by atoms with van der Waals surface area (Å²) in [5.74, 6) is 4.91. The molecule has 1 saturated heterocycles. The van der Waals surface area contributed by atoms with E-state index in [1.165, 1.54) is 12.8 Å². The van der Waals surface area contributed by atoms with Crippen molar-refractivity contribution in [3.05, 3.63) is 41.2 Å². The molecule has 7 rings (SSSR count). The molecule has 1 aliphatic heterocycles. The highest BCUT2D eigenvalue weighted by molar-refractivity contribution is 6.13. The maximum absolute atomic E-state index is 5.84. The Hall–Kier alpha value is -3.92. The summed E-state index contributed by atoms with van der Waals surface area (Å²) in [7, 11) is 1.68. The molecule has 37 heavy (non-hydrogen) atoms. The molecule has 2 aliphatic rings. The number of hydrogen-bond donors (Lipinski definition) is 2. The molecular formula is C27H29N7O3. The van der Waals surface area contributed by atoms with Crippen LogP contribution in [0.15, 0.2) is 22.7 Å². The number of aromatic amines is 1. The van der Waals surface area contributed by atoms with Crippen LogP contribution in [0.5, 0.6) is 5.75 Å². The van der Waals surface area contributed by atoms with Crippen molar-refractivity contribution in [3.8, 4) is 16.9 Å². The second-order valence-corrected chi connectivity index (χ2v) is 10.2. The molecule has 1 aliphatic carbocycles. The van der Waals surface area contributed by atoms with Gasteiger partial charge < -0.3 is 24.3 Å². The fourth-order valence-corrected chi connectivity index (χ4v) is 5.27. The third kappa shape index (κ3) is 3.74. The van der Waals surface area contributed by atoms with Crippen molar-refractivity contribution >= 4 is 33.6 Å². The van der Waals surface area contributed by atoms with Gasteiger partial charge in [-0.25, -0.2) is 14.6 Å². The molecule has 0 amide bonds. The number of benzene rings is 1. The second-order valence-electron chi connectivity index (χ2n) is 10.2. The fraction of sp³-hybridized carbons (Fsp3) is 0.407. The summed E-state index contributed by atoms with van der Waals surface area (Å²) >= 11 is 0. The third-order valence-electron chi connectivity index (χ3n) is 7.36. The summed E-state index contributed by atoms with van der Waals surface area (Å²) < 4.78 is 18.8. The van der Waals surface area contributed by atoms with E-state index in [4.69, 9.17) is 29.1 Å². The average Bonchev–Trinajstić information content (AvgIpc) is 3.41. The Kier molecular flexibility index (Phi) is 5.00. The zero-order valence-corrected chi connectivity index (χ0v) is 21.4. The van der Waals surface area contributed by atoms with Crippen molar-refractivity contribution in [3.63, 3.8) is 0 Å². The highest BCUT2D eigenvalue weighted by Crippen LogP contribution is 2.42. The number of ether oxygens (including phenoxy) is 2. The summed E-state index contributed by atoms with van der Waals surface area (Å²) in [6, 6.07) is 6.29. The lowest BCUT2D eigenvalue weighted by Gasteiger charge is -2.26. The van der Waals surface area contributed by atoms with Crippen LogP contribution >= 0.6 is 0 Å². The van der Waals surface area contributed by atoms with Crippen LogP contribution < -0.4 is 10.1 Å². The van der Waals surface area contributed by atoms with Gasteiger partial charge in [-0.3, -0.25) is 0 Å². The van der Waals surface area contributed by atoms with Crippen LogP contribution in [0, 0.1) is 26.7 Å². The summed E-state index contributed by atoms with van der Waals surface area (Å²) in [6.07, 6.45) is 2.41. The zero-order chi connectivity index (χ0) is 25.3. The van der Waals surface area contributed by atoms with E-state index in [0.29, 0.717) is 17.7 Å². The highest BCUT2D eigenvalue weighted by Gasteiger charge is 2.29. The van der Waals surface area contributed by atoms with Gasteiger partial charge in [0.25, 0.3) is 0 Å². The monoisotopic (exact) mass is 499 g/mol. The first-order chi connectivity index (χ1) is 18.0. The van der Waals surface area contributed by atoms with Crippen molar-refractivity contribution in [1.82, 2.24) is 29.9 Å². The molecule has 1 saturated carbocycles. The lowest BCUT2D eigenvalue weighted by molar-refractivity contribution is -0.0406. The van der Waals surface area contributed by atoms with Crippen LogP contribution in [0.1, 0.15) is 41.7 Å². The van der Waals surface area contributed by atoms with Crippen LogP contribution in [-0.4, -0.2) is 50.2 Å². The topological polar surface area (TPSA) is 116 Å². The van der Waals surface area contributed by atoms with Crippen molar-refractivity contribution in [2.75, 3.05) is 25.6 Å². The van der Waals surface area contributed by atoms with Gasteiger partial charge in [-0.2, -0.15) is 5.10 Å². The number of rotatable bonds is 7. The maximum Gasteiger partial charge on any atom is 0.145 e. The molecular weight excluding hydrogens is 470 g/mol. The maximum atomic E-state index is 5.84. The first kappa shape index (κ1) is 22.3. The van der Waals surface area contributed by atoms with Crippen molar-refractivity contribution in [2.45, 2.75) is 46.1 Å². The summed E-state index contributed by atoms with van der Waals surface area (Å²) in [5, 5.41) is 14.6. The van der Waals surface area contributed by atoms with Gasteiger partial charge in [-0.15, -0.1) is 0 Å². The van der Waals surface area contributed by atoms with Gasteiger partial charge in [-0.1, -0.05) is 5.16 Å². The Morgan fingerprint density at radius 3 is 2.65 bits per heavy atom. The first-order valence-electron chi connectivity index (χ1n) is 12.7. The summed E-state index contributed by atoms with van der Waals surface area (Å²) in [4.78, 5) is 13.0. The Morgan fingerprint density at radius 2 is 1.97 bits per heavy atom. The lowest BCUT2D eigenvalue weighted by Crippen LogP contribution is -2.32. The number of methoxy groups -OCH3 is 1. The minimum atomic E-state index is 0.486. The number of nitrogens with one attached hydrogen (secondary N) is 2.